The van der Waals surface area contributed by atoms with Crippen LogP contribution in [-0.2, 0) is 0 Å². The minimum Gasteiger partial charge on any atom is -0.357 e. The fourth-order valence-electron chi connectivity index (χ4n) is 6.66. The Balaban J connectivity index is 1.09. The van der Waals surface area contributed by atoms with Gasteiger partial charge in [-0.25, -0.2) is 4.99 Å². The van der Waals surface area contributed by atoms with Crippen LogP contribution < -0.4 is 5.32 Å². The number of rotatable bonds is 15. The molecule has 0 amide bonds. The van der Waals surface area contributed by atoms with Crippen molar-refractivity contribution in [2.45, 2.75) is 135 Å². The van der Waals surface area contributed by atoms with Gasteiger partial charge in [-0.15, -0.1) is 0 Å². The molecule has 0 radical (unpaired) electrons. The van der Waals surface area contributed by atoms with E-state index >= 15 is 0 Å². The number of aliphatic imine (C=N–C) groups is 1. The summed E-state index contributed by atoms with van der Waals surface area (Å²) in [6, 6.07) is 0.724. The normalized spacial score (nSPS) is 26.9. The Labute approximate surface area is 198 Å². The van der Waals surface area contributed by atoms with Gasteiger partial charge in [-0.2, -0.15) is 0 Å². The summed E-state index contributed by atoms with van der Waals surface area (Å²) in [5.74, 6) is 1.25. The minimum absolute atomic E-state index is 0.678. The van der Waals surface area contributed by atoms with Crippen molar-refractivity contribution in [3.05, 3.63) is 11.9 Å². The Hall–Kier alpha value is -0.830. The van der Waals surface area contributed by atoms with E-state index in [-0.39, 0.29) is 0 Å². The summed E-state index contributed by atoms with van der Waals surface area (Å²) >= 11 is 0. The second kappa shape index (κ2) is 11.5. The molecule has 4 aliphatic rings. The summed E-state index contributed by atoms with van der Waals surface area (Å²) in [5, 5.41) is 4.06. The highest BCUT2D eigenvalue weighted by Gasteiger charge is 2.72. The molecule has 2 aliphatic carbocycles. The van der Waals surface area contributed by atoms with Crippen molar-refractivity contribution in [1.29, 1.82) is 0 Å². The minimum atomic E-state index is 0.678. The molecule has 1 unspecified atom stereocenters. The molecule has 3 heteroatoms. The standard InChI is InChI=1S/C29H51N3/c1-3-4-5-6-7-8-9-10-11-12-18-29(23-28(29)19-20-28)24-30-26-16-21-32(22-17-26)27-15-13-14-25(2)31-27/h15,26,30H,3-14,16-24H2,1-2H3. The third-order valence-corrected chi connectivity index (χ3v) is 9.23. The third kappa shape index (κ3) is 6.39. The van der Waals surface area contributed by atoms with Crippen LogP contribution in [0.4, 0.5) is 0 Å². The maximum Gasteiger partial charge on any atom is 0.124 e. The Kier molecular flexibility index (Phi) is 8.76. The molecule has 0 aromatic rings. The number of nitrogens with one attached hydrogen (secondary N) is 1. The average Bonchev–Trinajstić information content (AvgIpc) is 3.72. The van der Waals surface area contributed by atoms with Gasteiger partial charge in [0, 0.05) is 31.4 Å². The van der Waals surface area contributed by atoms with Gasteiger partial charge in [0.25, 0.3) is 0 Å². The molecule has 32 heavy (non-hydrogen) atoms. The molecule has 3 fully saturated rings. The molecule has 1 N–H and O–H groups in total. The van der Waals surface area contributed by atoms with Crippen LogP contribution in [0.2, 0.25) is 0 Å². The topological polar surface area (TPSA) is 27.6 Å². The maximum atomic E-state index is 4.81. The van der Waals surface area contributed by atoms with Crippen LogP contribution in [0.3, 0.4) is 0 Å². The Bertz CT molecular complexity index is 639. The lowest BCUT2D eigenvalue weighted by atomic mass is 9.92. The van der Waals surface area contributed by atoms with Crippen LogP contribution in [-0.4, -0.2) is 36.3 Å². The van der Waals surface area contributed by atoms with Gasteiger partial charge in [0.05, 0.1) is 0 Å². The predicted octanol–water partition coefficient (Wildman–Crippen LogP) is 7.62. The SMILES string of the molecule is CCCCCCCCCCCCC1(CNC2CCN(C3=CCCC(C)=N3)CC2)CC12CC2. The zero-order valence-electron chi connectivity index (χ0n) is 21.4. The van der Waals surface area contributed by atoms with Crippen LogP contribution >= 0.6 is 0 Å². The molecule has 0 aromatic carbocycles. The molecule has 0 aromatic heterocycles. The summed E-state index contributed by atoms with van der Waals surface area (Å²) in [6.07, 6.45) is 27.9. The number of nitrogens with zero attached hydrogens (tertiary/aromatic N) is 2. The fraction of sp³-hybridized carbons (Fsp3) is 0.897. The van der Waals surface area contributed by atoms with E-state index in [9.17, 15) is 0 Å². The highest BCUT2D eigenvalue weighted by atomic mass is 15.2. The smallest absolute Gasteiger partial charge is 0.124 e. The number of hydrogen-bond donors (Lipinski definition) is 1. The van der Waals surface area contributed by atoms with E-state index < -0.39 is 0 Å². The third-order valence-electron chi connectivity index (χ3n) is 9.23. The second-order valence-corrected chi connectivity index (χ2v) is 11.8. The summed E-state index contributed by atoms with van der Waals surface area (Å²) < 4.78 is 0. The number of likely N-dealkylation sites (tertiary alicyclic amines) is 1. The lowest BCUT2D eigenvalue weighted by Crippen LogP contribution is -2.44. The predicted molar refractivity (Wildman–Crippen MR) is 138 cm³/mol. The number of unbranched alkanes of at least 4 members (excludes halogenated alkanes) is 9. The zero-order valence-corrected chi connectivity index (χ0v) is 21.4. The van der Waals surface area contributed by atoms with E-state index in [1.165, 1.54) is 140 Å². The molecule has 3 nitrogen and oxygen atoms in total. The van der Waals surface area contributed by atoms with Crippen LogP contribution in [0.1, 0.15) is 129 Å². The van der Waals surface area contributed by atoms with Gasteiger partial charge in [0.15, 0.2) is 0 Å². The van der Waals surface area contributed by atoms with E-state index in [4.69, 9.17) is 4.99 Å². The lowest BCUT2D eigenvalue weighted by molar-refractivity contribution is 0.226. The molecule has 2 aliphatic heterocycles. The highest BCUT2D eigenvalue weighted by Crippen LogP contribution is 2.80. The summed E-state index contributed by atoms with van der Waals surface area (Å²) in [5.41, 5.74) is 2.77. The van der Waals surface area contributed by atoms with Gasteiger partial charge in [0.1, 0.15) is 5.82 Å². The maximum absolute atomic E-state index is 4.81. The first kappa shape index (κ1) is 24.3. The van der Waals surface area contributed by atoms with Crippen molar-refractivity contribution >= 4 is 5.71 Å². The van der Waals surface area contributed by atoms with Crippen molar-refractivity contribution in [2.24, 2.45) is 15.8 Å². The van der Waals surface area contributed by atoms with Gasteiger partial charge in [-0.1, -0.05) is 71.1 Å². The molecule has 2 heterocycles. The van der Waals surface area contributed by atoms with Gasteiger partial charge >= 0.3 is 0 Å². The molecular weight excluding hydrogens is 390 g/mol. The second-order valence-electron chi connectivity index (χ2n) is 11.8. The number of allylic oxidation sites excluding steroid dienone is 1. The summed E-state index contributed by atoms with van der Waals surface area (Å²) in [6.45, 7) is 8.14. The lowest BCUT2D eigenvalue weighted by Gasteiger charge is -2.35. The first-order valence-corrected chi connectivity index (χ1v) is 14.4. The molecule has 4 rings (SSSR count). The Morgan fingerprint density at radius 3 is 2.22 bits per heavy atom. The van der Waals surface area contributed by atoms with Crippen molar-refractivity contribution in [3.8, 4) is 0 Å². The van der Waals surface area contributed by atoms with Crippen LogP contribution in [0.5, 0.6) is 0 Å². The average molecular weight is 442 g/mol. The van der Waals surface area contributed by atoms with Crippen molar-refractivity contribution in [2.75, 3.05) is 19.6 Å². The van der Waals surface area contributed by atoms with Crippen LogP contribution in [0, 0.1) is 10.8 Å². The van der Waals surface area contributed by atoms with Gasteiger partial charge in [-0.05, 0) is 75.2 Å². The molecule has 2 saturated carbocycles. The first-order valence-electron chi connectivity index (χ1n) is 14.4. The molecule has 182 valence electrons. The number of hydrogen-bond acceptors (Lipinski definition) is 3. The molecule has 1 atom stereocenters. The van der Waals surface area contributed by atoms with Crippen LogP contribution in [0.25, 0.3) is 0 Å². The van der Waals surface area contributed by atoms with Crippen molar-refractivity contribution in [1.82, 2.24) is 10.2 Å². The quantitative estimate of drug-likeness (QED) is 0.265. The van der Waals surface area contributed by atoms with Crippen LogP contribution in [0.15, 0.2) is 16.9 Å². The highest BCUT2D eigenvalue weighted by molar-refractivity contribution is 5.83. The summed E-state index contributed by atoms with van der Waals surface area (Å²) in [4.78, 5) is 7.34. The zero-order chi connectivity index (χ0) is 22.3. The number of piperidine rings is 1. The Morgan fingerprint density at radius 2 is 1.62 bits per heavy atom. The van der Waals surface area contributed by atoms with E-state index in [0.29, 0.717) is 5.41 Å². The van der Waals surface area contributed by atoms with Crippen molar-refractivity contribution < 1.29 is 0 Å². The molecule has 0 bridgehead atoms. The van der Waals surface area contributed by atoms with Gasteiger partial charge in [-0.3, -0.25) is 0 Å². The molecular formula is C29H51N3. The van der Waals surface area contributed by atoms with E-state index in [1.54, 1.807) is 0 Å². The molecule has 1 saturated heterocycles. The Morgan fingerprint density at radius 1 is 0.969 bits per heavy atom. The van der Waals surface area contributed by atoms with Gasteiger partial charge < -0.3 is 10.2 Å². The fourth-order valence-corrected chi connectivity index (χ4v) is 6.66. The van der Waals surface area contributed by atoms with Crippen molar-refractivity contribution in [3.63, 3.8) is 0 Å². The largest absolute Gasteiger partial charge is 0.357 e. The first-order chi connectivity index (χ1) is 15.7. The van der Waals surface area contributed by atoms with Gasteiger partial charge in [0.2, 0.25) is 0 Å². The molecule has 1 spiro atoms. The summed E-state index contributed by atoms with van der Waals surface area (Å²) in [7, 11) is 0. The monoisotopic (exact) mass is 441 g/mol. The van der Waals surface area contributed by atoms with E-state index in [2.05, 4.69) is 30.1 Å². The van der Waals surface area contributed by atoms with E-state index in [0.717, 1.165) is 17.9 Å². The van der Waals surface area contributed by atoms with E-state index in [1.807, 2.05) is 0 Å².